The van der Waals surface area contributed by atoms with Crippen molar-refractivity contribution >= 4 is 23.9 Å². The maximum Gasteiger partial charge on any atom is 0.407 e. The van der Waals surface area contributed by atoms with E-state index in [1.807, 2.05) is 60.7 Å². The molecule has 0 heterocycles. The third-order valence-corrected chi connectivity index (χ3v) is 3.95. The summed E-state index contributed by atoms with van der Waals surface area (Å²) in [4.78, 5) is 46.7. The average Bonchev–Trinajstić information content (AvgIpc) is 2.80. The molecule has 0 unspecified atom stereocenters. The van der Waals surface area contributed by atoms with Crippen molar-refractivity contribution in [2.45, 2.75) is 19.6 Å². The molecule has 0 spiro atoms. The number of amides is 3. The van der Waals surface area contributed by atoms with Crippen molar-refractivity contribution in [3.8, 4) is 0 Å². The van der Waals surface area contributed by atoms with E-state index in [0.717, 1.165) is 11.1 Å². The molecule has 3 N–H and O–H groups in total. The Hall–Kier alpha value is -3.88. The Morgan fingerprint density at radius 2 is 1.19 bits per heavy atom. The molecule has 31 heavy (non-hydrogen) atoms. The van der Waals surface area contributed by atoms with Gasteiger partial charge in [0.15, 0.2) is 0 Å². The molecule has 9 heteroatoms. The quantitative estimate of drug-likeness (QED) is 0.464. The van der Waals surface area contributed by atoms with Gasteiger partial charge in [-0.3, -0.25) is 14.4 Å². The lowest BCUT2D eigenvalue weighted by Gasteiger charge is -2.09. The Bertz CT molecular complexity index is 858. The van der Waals surface area contributed by atoms with Gasteiger partial charge in [0.05, 0.1) is 6.54 Å². The van der Waals surface area contributed by atoms with Gasteiger partial charge in [-0.2, -0.15) is 0 Å². The van der Waals surface area contributed by atoms with Gasteiger partial charge < -0.3 is 25.4 Å². The number of ether oxygens (including phenoxy) is 2. The van der Waals surface area contributed by atoms with Crippen LogP contribution in [-0.2, 0) is 37.1 Å². The third-order valence-electron chi connectivity index (χ3n) is 3.95. The molecule has 0 aliphatic heterocycles. The third kappa shape index (κ3) is 10.5. The highest BCUT2D eigenvalue weighted by Gasteiger charge is 2.09. The van der Waals surface area contributed by atoms with Crippen LogP contribution < -0.4 is 16.0 Å². The monoisotopic (exact) mass is 427 g/mol. The van der Waals surface area contributed by atoms with E-state index in [-0.39, 0.29) is 39.3 Å². The van der Waals surface area contributed by atoms with Gasteiger partial charge in [-0.15, -0.1) is 0 Å². The maximum absolute atomic E-state index is 11.7. The summed E-state index contributed by atoms with van der Waals surface area (Å²) in [5.74, 6) is -1.54. The van der Waals surface area contributed by atoms with Gasteiger partial charge in [0, 0.05) is 13.0 Å². The van der Waals surface area contributed by atoms with Crippen LogP contribution in [0.2, 0.25) is 0 Å². The molecule has 0 aromatic heterocycles. The van der Waals surface area contributed by atoms with E-state index < -0.39 is 23.9 Å². The van der Waals surface area contributed by atoms with Crippen molar-refractivity contribution in [3.63, 3.8) is 0 Å². The van der Waals surface area contributed by atoms with Crippen molar-refractivity contribution < 1.29 is 28.7 Å². The first kappa shape index (κ1) is 23.4. The lowest BCUT2D eigenvalue weighted by atomic mass is 10.2. The zero-order valence-electron chi connectivity index (χ0n) is 17.0. The standard InChI is InChI=1S/C22H25N3O6/c26-19(11-12-23-22(29)31-16-18-9-5-2-6-10-18)24-13-20(27)25-14-21(28)30-15-17-7-3-1-4-8-17/h1-10H,11-16H2,(H,23,29)(H,24,26)(H,25,27). The van der Waals surface area contributed by atoms with E-state index in [1.54, 1.807) is 0 Å². The van der Waals surface area contributed by atoms with Crippen LogP contribution in [0.15, 0.2) is 60.7 Å². The smallest absolute Gasteiger partial charge is 0.407 e. The number of carbonyl (C=O) groups is 4. The van der Waals surface area contributed by atoms with E-state index in [1.165, 1.54) is 0 Å². The number of carbonyl (C=O) groups excluding carboxylic acids is 4. The summed E-state index contributed by atoms with van der Waals surface area (Å²) in [5.41, 5.74) is 1.69. The van der Waals surface area contributed by atoms with E-state index >= 15 is 0 Å². The van der Waals surface area contributed by atoms with E-state index in [0.29, 0.717) is 0 Å². The van der Waals surface area contributed by atoms with E-state index in [2.05, 4.69) is 16.0 Å². The van der Waals surface area contributed by atoms with E-state index in [9.17, 15) is 19.2 Å². The van der Waals surface area contributed by atoms with Crippen molar-refractivity contribution in [1.29, 1.82) is 0 Å². The lowest BCUT2D eigenvalue weighted by Crippen LogP contribution is -2.40. The Morgan fingerprint density at radius 1 is 0.645 bits per heavy atom. The van der Waals surface area contributed by atoms with Crippen molar-refractivity contribution in [2.24, 2.45) is 0 Å². The van der Waals surface area contributed by atoms with Crippen LogP contribution in [-0.4, -0.2) is 43.5 Å². The van der Waals surface area contributed by atoms with Gasteiger partial charge in [0.2, 0.25) is 11.8 Å². The fourth-order valence-electron chi connectivity index (χ4n) is 2.34. The Labute approximate surface area is 180 Å². The van der Waals surface area contributed by atoms with Gasteiger partial charge in [0.1, 0.15) is 19.8 Å². The van der Waals surface area contributed by atoms with Crippen LogP contribution in [0.3, 0.4) is 0 Å². The highest BCUT2D eigenvalue weighted by Crippen LogP contribution is 2.01. The summed E-state index contributed by atoms with van der Waals surface area (Å²) in [5, 5.41) is 7.22. The summed E-state index contributed by atoms with van der Waals surface area (Å²) >= 11 is 0. The molecule has 2 aromatic carbocycles. The maximum atomic E-state index is 11.7. The fraction of sp³-hybridized carbons (Fsp3) is 0.273. The average molecular weight is 427 g/mol. The van der Waals surface area contributed by atoms with Gasteiger partial charge in [-0.25, -0.2) is 4.79 Å². The summed E-state index contributed by atoms with van der Waals surface area (Å²) in [6, 6.07) is 18.3. The molecule has 0 saturated heterocycles. The first-order valence-corrected chi connectivity index (χ1v) is 9.70. The molecule has 0 radical (unpaired) electrons. The van der Waals surface area contributed by atoms with Gasteiger partial charge in [-0.05, 0) is 11.1 Å². The van der Waals surface area contributed by atoms with Crippen LogP contribution in [0.5, 0.6) is 0 Å². The van der Waals surface area contributed by atoms with Crippen molar-refractivity contribution in [2.75, 3.05) is 19.6 Å². The molecule has 2 aromatic rings. The normalized spacial score (nSPS) is 9.94. The second-order valence-electron chi connectivity index (χ2n) is 6.44. The fourth-order valence-corrected chi connectivity index (χ4v) is 2.34. The minimum atomic E-state index is -0.636. The van der Waals surface area contributed by atoms with Crippen LogP contribution in [0, 0.1) is 0 Å². The molecule has 0 bridgehead atoms. The summed E-state index contributed by atoms with van der Waals surface area (Å²) < 4.78 is 10.1. The highest BCUT2D eigenvalue weighted by molar-refractivity contribution is 5.87. The number of benzene rings is 2. The second-order valence-corrected chi connectivity index (χ2v) is 6.44. The molecule has 3 amide bonds. The zero-order chi connectivity index (χ0) is 22.3. The SMILES string of the molecule is O=C(CCNC(=O)OCc1ccccc1)NCC(=O)NCC(=O)OCc1ccccc1. The number of alkyl carbamates (subject to hydrolysis) is 1. The Kier molecular flexibility index (Phi) is 10.1. The van der Waals surface area contributed by atoms with Crippen molar-refractivity contribution in [3.05, 3.63) is 71.8 Å². The number of nitrogens with one attached hydrogen (secondary N) is 3. The first-order chi connectivity index (χ1) is 15.0. The Morgan fingerprint density at radius 3 is 1.81 bits per heavy atom. The zero-order valence-corrected chi connectivity index (χ0v) is 17.0. The Balaban J connectivity index is 1.49. The molecule has 0 saturated carbocycles. The van der Waals surface area contributed by atoms with Crippen LogP contribution in [0.25, 0.3) is 0 Å². The second kappa shape index (κ2) is 13.4. The molecule has 2 rings (SSSR count). The molecule has 0 aliphatic carbocycles. The summed E-state index contributed by atoms with van der Waals surface area (Å²) in [6.07, 6.45) is -0.657. The van der Waals surface area contributed by atoms with Gasteiger partial charge in [-0.1, -0.05) is 60.7 Å². The lowest BCUT2D eigenvalue weighted by molar-refractivity contribution is -0.145. The topological polar surface area (TPSA) is 123 Å². The van der Waals surface area contributed by atoms with E-state index in [4.69, 9.17) is 9.47 Å². The minimum absolute atomic E-state index is 0.0210. The molecule has 164 valence electrons. The van der Waals surface area contributed by atoms with Crippen LogP contribution >= 0.6 is 0 Å². The first-order valence-electron chi connectivity index (χ1n) is 9.70. The summed E-state index contributed by atoms with van der Waals surface area (Å²) in [6.45, 7) is -0.271. The van der Waals surface area contributed by atoms with Crippen LogP contribution in [0.4, 0.5) is 4.79 Å². The van der Waals surface area contributed by atoms with Gasteiger partial charge >= 0.3 is 12.1 Å². The predicted octanol–water partition coefficient (Wildman–Crippen LogP) is 1.28. The van der Waals surface area contributed by atoms with Gasteiger partial charge in [0.25, 0.3) is 0 Å². The largest absolute Gasteiger partial charge is 0.460 e. The number of hydrogen-bond acceptors (Lipinski definition) is 6. The highest BCUT2D eigenvalue weighted by atomic mass is 16.5. The summed E-state index contributed by atoms with van der Waals surface area (Å²) in [7, 11) is 0. The van der Waals surface area contributed by atoms with Crippen molar-refractivity contribution in [1.82, 2.24) is 16.0 Å². The molecule has 9 nitrogen and oxygen atoms in total. The number of esters is 1. The molecule has 0 atom stereocenters. The predicted molar refractivity (Wildman–Crippen MR) is 112 cm³/mol. The molecule has 0 fully saturated rings. The van der Waals surface area contributed by atoms with Crippen LogP contribution in [0.1, 0.15) is 17.5 Å². The number of hydrogen-bond donors (Lipinski definition) is 3. The number of rotatable bonds is 11. The minimum Gasteiger partial charge on any atom is -0.460 e. The molecular formula is C22H25N3O6. The molecular weight excluding hydrogens is 402 g/mol. The molecule has 0 aliphatic rings.